The smallest absolute Gasteiger partial charge is 0.328 e. The van der Waals surface area contributed by atoms with Crippen molar-refractivity contribution in [2.45, 2.75) is 6.04 Å². The van der Waals surface area contributed by atoms with Gasteiger partial charge < -0.3 is 20.8 Å². The zero-order valence-electron chi connectivity index (χ0n) is 8.98. The summed E-state index contributed by atoms with van der Waals surface area (Å²) in [5.41, 5.74) is -0.309. The number of anilines is 1. The predicted molar refractivity (Wildman–Crippen MR) is 57.0 cm³/mol. The first-order valence-corrected chi connectivity index (χ1v) is 4.80. The third-order valence-electron chi connectivity index (χ3n) is 1.97. The van der Waals surface area contributed by atoms with Crippen LogP contribution in [0.1, 0.15) is 0 Å². The highest BCUT2D eigenvalue weighted by molar-refractivity contribution is 5.92. The topological polar surface area (TPSA) is 98.7 Å². The highest BCUT2D eigenvalue weighted by atomic mass is 19.1. The summed E-state index contributed by atoms with van der Waals surface area (Å²) in [6.07, 6.45) is 0. The van der Waals surface area contributed by atoms with Crippen molar-refractivity contribution in [2.75, 3.05) is 11.9 Å². The number of nitrogens with one attached hydrogen (secondary N) is 2. The SMILES string of the molecule is O=C(Nc1ccc(F)cc1F)N[C@H](CO)C(=O)O. The highest BCUT2D eigenvalue weighted by Gasteiger charge is 2.19. The maximum atomic E-state index is 13.1. The summed E-state index contributed by atoms with van der Waals surface area (Å²) < 4.78 is 25.7. The maximum Gasteiger partial charge on any atom is 0.328 e. The van der Waals surface area contributed by atoms with Crippen molar-refractivity contribution in [3.63, 3.8) is 0 Å². The van der Waals surface area contributed by atoms with E-state index in [9.17, 15) is 18.4 Å². The van der Waals surface area contributed by atoms with Crippen molar-refractivity contribution < 1.29 is 28.6 Å². The van der Waals surface area contributed by atoms with Crippen molar-refractivity contribution in [3.8, 4) is 0 Å². The lowest BCUT2D eigenvalue weighted by atomic mass is 10.3. The number of carboxylic acid groups (broad SMARTS) is 1. The number of carboxylic acids is 1. The standard InChI is InChI=1S/C10H10F2N2O4/c11-5-1-2-7(6(12)3-5)13-10(18)14-8(4-15)9(16)17/h1-3,8,15H,4H2,(H,16,17)(H2,13,14,18)/t8-/m1/s1. The second kappa shape index (κ2) is 5.92. The van der Waals surface area contributed by atoms with Gasteiger partial charge in [0.05, 0.1) is 12.3 Å². The van der Waals surface area contributed by atoms with E-state index in [1.165, 1.54) is 0 Å². The number of rotatable bonds is 4. The van der Waals surface area contributed by atoms with E-state index < -0.39 is 36.3 Å². The Kier molecular flexibility index (Phi) is 4.55. The van der Waals surface area contributed by atoms with Crippen LogP contribution in [-0.4, -0.2) is 34.9 Å². The highest BCUT2D eigenvalue weighted by Crippen LogP contribution is 2.14. The van der Waals surface area contributed by atoms with Crippen LogP contribution in [0.5, 0.6) is 0 Å². The molecule has 8 heteroatoms. The van der Waals surface area contributed by atoms with Gasteiger partial charge in [0, 0.05) is 6.07 Å². The van der Waals surface area contributed by atoms with E-state index >= 15 is 0 Å². The number of amides is 2. The molecule has 2 amide bonds. The summed E-state index contributed by atoms with van der Waals surface area (Å²) in [6, 6.07) is -0.0511. The number of hydrogen-bond acceptors (Lipinski definition) is 3. The quantitative estimate of drug-likeness (QED) is 0.634. The largest absolute Gasteiger partial charge is 0.480 e. The van der Waals surface area contributed by atoms with Crippen molar-refractivity contribution in [2.24, 2.45) is 0 Å². The van der Waals surface area contributed by atoms with E-state index in [0.29, 0.717) is 6.07 Å². The Bertz CT molecular complexity index is 467. The Morgan fingerprint density at radius 1 is 1.33 bits per heavy atom. The molecule has 0 aliphatic carbocycles. The van der Waals surface area contributed by atoms with E-state index in [1.54, 1.807) is 0 Å². The first-order valence-electron chi connectivity index (χ1n) is 4.80. The van der Waals surface area contributed by atoms with Gasteiger partial charge in [-0.2, -0.15) is 0 Å². The number of carbonyl (C=O) groups excluding carboxylic acids is 1. The normalized spacial score (nSPS) is 11.7. The number of aliphatic hydroxyl groups excluding tert-OH is 1. The summed E-state index contributed by atoms with van der Waals surface area (Å²) in [4.78, 5) is 21.8. The molecule has 0 fully saturated rings. The van der Waals surface area contributed by atoms with E-state index in [0.717, 1.165) is 12.1 Å². The molecule has 4 N–H and O–H groups in total. The van der Waals surface area contributed by atoms with Crippen LogP contribution in [-0.2, 0) is 4.79 Å². The number of carbonyl (C=O) groups is 2. The Hall–Kier alpha value is -2.22. The van der Waals surface area contributed by atoms with Crippen molar-refractivity contribution in [1.29, 1.82) is 0 Å². The molecule has 0 aliphatic rings. The van der Waals surface area contributed by atoms with Crippen molar-refractivity contribution in [3.05, 3.63) is 29.8 Å². The molecule has 98 valence electrons. The third kappa shape index (κ3) is 3.67. The van der Waals surface area contributed by atoms with Crippen molar-refractivity contribution >= 4 is 17.7 Å². The average molecular weight is 260 g/mol. The number of hydrogen-bond donors (Lipinski definition) is 4. The molecule has 0 bridgehead atoms. The van der Waals surface area contributed by atoms with Crippen LogP contribution < -0.4 is 10.6 Å². The summed E-state index contributed by atoms with van der Waals surface area (Å²) in [7, 11) is 0. The molecule has 1 atom stereocenters. The minimum Gasteiger partial charge on any atom is -0.480 e. The van der Waals surface area contributed by atoms with Gasteiger partial charge in [-0.3, -0.25) is 0 Å². The van der Waals surface area contributed by atoms with Crippen LogP contribution in [0.3, 0.4) is 0 Å². The Balaban J connectivity index is 2.67. The maximum absolute atomic E-state index is 13.1. The van der Waals surface area contributed by atoms with Crippen LogP contribution in [0.25, 0.3) is 0 Å². The molecule has 1 aromatic carbocycles. The van der Waals surface area contributed by atoms with Crippen molar-refractivity contribution in [1.82, 2.24) is 5.32 Å². The molecule has 0 aromatic heterocycles. The summed E-state index contributed by atoms with van der Waals surface area (Å²) in [5.74, 6) is -3.24. The Morgan fingerprint density at radius 3 is 2.50 bits per heavy atom. The first kappa shape index (κ1) is 13.8. The van der Waals surface area contributed by atoms with Gasteiger partial charge in [0.25, 0.3) is 0 Å². The summed E-state index contributed by atoms with van der Waals surface area (Å²) in [5, 5.41) is 21.1. The lowest BCUT2D eigenvalue weighted by Crippen LogP contribution is -2.45. The van der Waals surface area contributed by atoms with E-state index in [2.05, 4.69) is 0 Å². The van der Waals surface area contributed by atoms with Gasteiger partial charge in [-0.25, -0.2) is 18.4 Å². The molecule has 0 spiro atoms. The number of urea groups is 1. The van der Waals surface area contributed by atoms with Crippen LogP contribution in [0.2, 0.25) is 0 Å². The molecular formula is C10H10F2N2O4. The number of benzene rings is 1. The molecule has 6 nitrogen and oxygen atoms in total. The number of aliphatic hydroxyl groups is 1. The second-order valence-electron chi connectivity index (χ2n) is 3.30. The fourth-order valence-corrected chi connectivity index (χ4v) is 1.09. The van der Waals surface area contributed by atoms with Gasteiger partial charge in [-0.05, 0) is 12.1 Å². The van der Waals surface area contributed by atoms with Gasteiger partial charge >= 0.3 is 12.0 Å². The fraction of sp³-hybridized carbons (Fsp3) is 0.200. The Morgan fingerprint density at radius 2 is 2.00 bits per heavy atom. The molecule has 18 heavy (non-hydrogen) atoms. The average Bonchev–Trinajstić information content (AvgIpc) is 2.29. The van der Waals surface area contributed by atoms with Gasteiger partial charge in [-0.1, -0.05) is 0 Å². The number of aliphatic carboxylic acids is 1. The molecule has 1 aromatic rings. The molecule has 0 saturated heterocycles. The van der Waals surface area contributed by atoms with E-state index in [1.807, 2.05) is 10.6 Å². The summed E-state index contributed by atoms with van der Waals surface area (Å²) in [6.45, 7) is -0.811. The zero-order valence-corrected chi connectivity index (χ0v) is 8.98. The lowest BCUT2D eigenvalue weighted by Gasteiger charge is -2.12. The Labute approximate surface area is 100 Å². The molecule has 0 heterocycles. The number of halogens is 2. The van der Waals surface area contributed by atoms with Crippen LogP contribution in [0.15, 0.2) is 18.2 Å². The molecule has 0 aliphatic heterocycles. The molecule has 0 unspecified atom stereocenters. The van der Waals surface area contributed by atoms with Gasteiger partial charge in [0.1, 0.15) is 11.6 Å². The minimum atomic E-state index is -1.51. The fourth-order valence-electron chi connectivity index (χ4n) is 1.09. The molecule has 1 rings (SSSR count). The van der Waals surface area contributed by atoms with Gasteiger partial charge in [0.15, 0.2) is 6.04 Å². The monoisotopic (exact) mass is 260 g/mol. The first-order chi connectivity index (χ1) is 8.43. The predicted octanol–water partition coefficient (Wildman–Crippen LogP) is 0.532. The van der Waals surface area contributed by atoms with E-state index in [-0.39, 0.29) is 5.69 Å². The molecular weight excluding hydrogens is 250 g/mol. The van der Waals surface area contributed by atoms with Crippen LogP contribution >= 0.6 is 0 Å². The zero-order chi connectivity index (χ0) is 13.7. The minimum absolute atomic E-state index is 0.309. The molecule has 0 radical (unpaired) electrons. The van der Waals surface area contributed by atoms with Crippen LogP contribution in [0, 0.1) is 11.6 Å². The third-order valence-corrected chi connectivity index (χ3v) is 1.97. The van der Waals surface area contributed by atoms with Crippen LogP contribution in [0.4, 0.5) is 19.3 Å². The second-order valence-corrected chi connectivity index (χ2v) is 3.30. The lowest BCUT2D eigenvalue weighted by molar-refractivity contribution is -0.140. The summed E-state index contributed by atoms with van der Waals surface area (Å²) >= 11 is 0. The molecule has 0 saturated carbocycles. The van der Waals surface area contributed by atoms with E-state index in [4.69, 9.17) is 10.2 Å². The van der Waals surface area contributed by atoms with Gasteiger partial charge in [-0.15, -0.1) is 0 Å². The van der Waals surface area contributed by atoms with Gasteiger partial charge in [0.2, 0.25) is 0 Å².